The molecule has 0 aromatic carbocycles. The van der Waals surface area contributed by atoms with Crippen LogP contribution in [0.1, 0.15) is 6.92 Å². The van der Waals surface area contributed by atoms with Crippen molar-refractivity contribution in [1.29, 1.82) is 0 Å². The lowest BCUT2D eigenvalue weighted by Crippen LogP contribution is -2.51. The number of Topliss-reactive ketones (excluding diaryl/α,β-unsaturated/α-hetero) is 1. The molecule has 14 heavy (non-hydrogen) atoms. The molecule has 0 aromatic heterocycles. The highest BCUT2D eigenvalue weighted by atomic mass is 16.1. The highest BCUT2D eigenvalue weighted by Crippen LogP contribution is 2.05. The SMILES string of the molecule is C#CC[N+](CC#C)(CC#C)CC(C)=O. The molecule has 0 spiro atoms. The fourth-order valence-electron chi connectivity index (χ4n) is 1.39. The summed E-state index contributed by atoms with van der Waals surface area (Å²) in [5, 5.41) is 0. The summed E-state index contributed by atoms with van der Waals surface area (Å²) < 4.78 is 0.304. The molecule has 0 fully saturated rings. The van der Waals surface area contributed by atoms with E-state index in [1.807, 2.05) is 0 Å². The van der Waals surface area contributed by atoms with Crippen LogP contribution in [0.3, 0.4) is 0 Å². The molecule has 0 saturated carbocycles. The van der Waals surface area contributed by atoms with Gasteiger partial charge < -0.3 is 0 Å². The van der Waals surface area contributed by atoms with Crippen molar-refractivity contribution >= 4 is 5.78 Å². The fourth-order valence-corrected chi connectivity index (χ4v) is 1.39. The van der Waals surface area contributed by atoms with E-state index in [0.717, 1.165) is 0 Å². The van der Waals surface area contributed by atoms with E-state index in [9.17, 15) is 4.79 Å². The number of hydrogen-bond acceptors (Lipinski definition) is 1. The van der Waals surface area contributed by atoms with E-state index in [1.54, 1.807) is 0 Å². The van der Waals surface area contributed by atoms with Crippen molar-refractivity contribution in [2.75, 3.05) is 26.2 Å². The third-order valence-corrected chi connectivity index (χ3v) is 1.84. The molecule has 0 unspecified atom stereocenters. The van der Waals surface area contributed by atoms with E-state index in [2.05, 4.69) is 17.8 Å². The van der Waals surface area contributed by atoms with Crippen molar-refractivity contribution in [3.8, 4) is 37.0 Å². The van der Waals surface area contributed by atoms with Crippen LogP contribution < -0.4 is 0 Å². The van der Waals surface area contributed by atoms with Gasteiger partial charge in [0, 0.05) is 6.92 Å². The summed E-state index contributed by atoms with van der Waals surface area (Å²) in [5.74, 6) is 7.58. The minimum Gasteiger partial charge on any atom is -0.294 e. The molecule has 2 heteroatoms. The van der Waals surface area contributed by atoms with Gasteiger partial charge in [-0.2, -0.15) is 0 Å². The molecule has 2 nitrogen and oxygen atoms in total. The molecule has 0 aromatic rings. The molecule has 72 valence electrons. The number of ketones is 1. The van der Waals surface area contributed by atoms with Crippen LogP contribution in [0.15, 0.2) is 0 Å². The second-order valence-electron chi connectivity index (χ2n) is 3.29. The summed E-state index contributed by atoms with van der Waals surface area (Å²) in [6.45, 7) is 3.01. The first-order chi connectivity index (χ1) is 6.60. The summed E-state index contributed by atoms with van der Waals surface area (Å²) in [5.41, 5.74) is 0. The van der Waals surface area contributed by atoms with Crippen LogP contribution in [0.25, 0.3) is 0 Å². The molecule has 0 aliphatic rings. The van der Waals surface area contributed by atoms with Crippen molar-refractivity contribution in [3.63, 3.8) is 0 Å². The first kappa shape index (κ1) is 12.3. The third-order valence-electron chi connectivity index (χ3n) is 1.84. The van der Waals surface area contributed by atoms with Crippen molar-refractivity contribution < 1.29 is 9.28 Å². The number of quaternary nitrogens is 1. The molecule has 0 radical (unpaired) electrons. The van der Waals surface area contributed by atoms with Crippen molar-refractivity contribution in [2.45, 2.75) is 6.92 Å². The molecule has 0 aliphatic carbocycles. The second-order valence-corrected chi connectivity index (χ2v) is 3.29. The minimum atomic E-state index is 0.0470. The van der Waals surface area contributed by atoms with E-state index < -0.39 is 0 Å². The molecular formula is C12H14NO+. The van der Waals surface area contributed by atoms with E-state index in [0.29, 0.717) is 30.7 Å². The van der Waals surface area contributed by atoms with Crippen molar-refractivity contribution in [2.24, 2.45) is 0 Å². The Bertz CT molecular complexity index is 281. The quantitative estimate of drug-likeness (QED) is 0.448. The monoisotopic (exact) mass is 188 g/mol. The van der Waals surface area contributed by atoms with E-state index in [-0.39, 0.29) is 5.78 Å². The zero-order chi connectivity index (χ0) is 11.0. The maximum Gasteiger partial charge on any atom is 0.183 e. The van der Waals surface area contributed by atoms with Crippen LogP contribution in [0.5, 0.6) is 0 Å². The maximum atomic E-state index is 11.1. The van der Waals surface area contributed by atoms with E-state index >= 15 is 0 Å². The molecular weight excluding hydrogens is 174 g/mol. The van der Waals surface area contributed by atoms with Crippen LogP contribution in [-0.4, -0.2) is 36.4 Å². The Labute approximate surface area is 85.9 Å². The Morgan fingerprint density at radius 2 is 1.43 bits per heavy atom. The van der Waals surface area contributed by atoms with Gasteiger partial charge in [-0.1, -0.05) is 0 Å². The van der Waals surface area contributed by atoms with Crippen LogP contribution in [-0.2, 0) is 4.79 Å². The molecule has 0 rings (SSSR count). The zero-order valence-corrected chi connectivity index (χ0v) is 8.42. The number of rotatable bonds is 5. The third kappa shape index (κ3) is 3.81. The molecule has 0 saturated heterocycles. The Hall–Kier alpha value is -1.69. The lowest BCUT2D eigenvalue weighted by Gasteiger charge is -2.32. The van der Waals surface area contributed by atoms with Crippen LogP contribution in [0.4, 0.5) is 0 Å². The predicted molar refractivity (Wildman–Crippen MR) is 56.9 cm³/mol. The number of hydrogen-bond donors (Lipinski definition) is 0. The molecule has 0 bridgehead atoms. The van der Waals surface area contributed by atoms with Crippen molar-refractivity contribution in [1.82, 2.24) is 0 Å². The maximum absolute atomic E-state index is 11.1. The van der Waals surface area contributed by atoms with Gasteiger partial charge in [-0.25, -0.2) is 0 Å². The first-order valence-electron chi connectivity index (χ1n) is 4.25. The summed E-state index contributed by atoms with van der Waals surface area (Å²) in [7, 11) is 0. The van der Waals surface area contributed by atoms with E-state index in [4.69, 9.17) is 19.3 Å². The average Bonchev–Trinajstić information content (AvgIpc) is 2.03. The lowest BCUT2D eigenvalue weighted by atomic mass is 10.2. The summed E-state index contributed by atoms with van der Waals surface area (Å²) in [4.78, 5) is 11.1. The van der Waals surface area contributed by atoms with Crippen molar-refractivity contribution in [3.05, 3.63) is 0 Å². The summed E-state index contributed by atoms with van der Waals surface area (Å²) >= 11 is 0. The molecule has 0 aliphatic heterocycles. The van der Waals surface area contributed by atoms with Crippen LogP contribution in [0.2, 0.25) is 0 Å². The Balaban J connectivity index is 4.77. The Morgan fingerprint density at radius 3 is 1.64 bits per heavy atom. The molecule has 0 heterocycles. The van der Waals surface area contributed by atoms with Gasteiger partial charge >= 0.3 is 0 Å². The normalized spacial score (nSPS) is 9.57. The Kier molecular flexibility index (Phi) is 5.16. The second kappa shape index (κ2) is 5.87. The minimum absolute atomic E-state index is 0.0470. The molecule has 0 amide bonds. The standard InChI is InChI=1S/C12H14NO/c1-5-8-13(9-6-2,10-7-3)11-12(4)14/h1-3H,8-11H2,4H3/q+1. The number of terminal acetylenes is 3. The number of nitrogens with zero attached hydrogens (tertiary/aromatic N) is 1. The molecule has 0 N–H and O–H groups in total. The van der Waals surface area contributed by atoms with Gasteiger partial charge in [-0.3, -0.25) is 9.28 Å². The Morgan fingerprint density at radius 1 is 1.07 bits per heavy atom. The van der Waals surface area contributed by atoms with Gasteiger partial charge in [-0.05, 0) is 17.8 Å². The first-order valence-corrected chi connectivity index (χ1v) is 4.25. The number of carbonyl (C=O) groups excluding carboxylic acids is 1. The van der Waals surface area contributed by atoms with E-state index in [1.165, 1.54) is 6.92 Å². The number of carbonyl (C=O) groups is 1. The summed E-state index contributed by atoms with van der Waals surface area (Å²) in [6, 6.07) is 0. The van der Waals surface area contributed by atoms with Gasteiger partial charge in [0.2, 0.25) is 0 Å². The topological polar surface area (TPSA) is 17.1 Å². The fraction of sp³-hybridized carbons (Fsp3) is 0.417. The van der Waals surface area contributed by atoms with Gasteiger partial charge in [-0.15, -0.1) is 19.3 Å². The van der Waals surface area contributed by atoms with Gasteiger partial charge in [0.05, 0.1) is 0 Å². The smallest absolute Gasteiger partial charge is 0.183 e. The largest absolute Gasteiger partial charge is 0.294 e. The summed E-state index contributed by atoms with van der Waals surface area (Å²) in [6.07, 6.45) is 15.7. The average molecular weight is 188 g/mol. The highest BCUT2D eigenvalue weighted by molar-refractivity contribution is 5.76. The molecule has 0 atom stereocenters. The van der Waals surface area contributed by atoms with Gasteiger partial charge in [0.25, 0.3) is 0 Å². The lowest BCUT2D eigenvalue weighted by molar-refractivity contribution is -0.900. The van der Waals surface area contributed by atoms with Gasteiger partial charge in [0.1, 0.15) is 26.2 Å². The van der Waals surface area contributed by atoms with Gasteiger partial charge in [0.15, 0.2) is 5.78 Å². The zero-order valence-electron chi connectivity index (χ0n) is 8.42. The van der Waals surface area contributed by atoms with Crippen LogP contribution >= 0.6 is 0 Å². The van der Waals surface area contributed by atoms with Crippen LogP contribution in [0, 0.1) is 37.0 Å². The predicted octanol–water partition coefficient (Wildman–Crippen LogP) is 0.292. The highest BCUT2D eigenvalue weighted by Gasteiger charge is 2.26.